The number of hydrogen-bond acceptors (Lipinski definition) is 1. The lowest BCUT2D eigenvalue weighted by Crippen LogP contribution is -3.08. The Labute approximate surface area is 139 Å². The molecule has 0 saturated heterocycles. The minimum Gasteiger partial charge on any atom is -0.345 e. The molecule has 2 atom stereocenters. The van der Waals surface area contributed by atoms with Crippen LogP contribution >= 0.6 is 0 Å². The van der Waals surface area contributed by atoms with Crippen molar-refractivity contribution in [3.8, 4) is 0 Å². The molecule has 0 bridgehead atoms. The first-order valence-electron chi connectivity index (χ1n) is 8.32. The molecule has 3 heteroatoms. The molecule has 0 radical (unpaired) electrons. The van der Waals surface area contributed by atoms with Gasteiger partial charge < -0.3 is 10.2 Å². The van der Waals surface area contributed by atoms with Crippen molar-refractivity contribution in [3.05, 3.63) is 71.3 Å². The average molecular weight is 311 g/mol. The number of amides is 1. The van der Waals surface area contributed by atoms with Crippen LogP contribution in [-0.4, -0.2) is 19.5 Å². The summed E-state index contributed by atoms with van der Waals surface area (Å²) in [6.07, 6.45) is 1.06. The zero-order valence-electron chi connectivity index (χ0n) is 14.3. The Kier molecular flexibility index (Phi) is 6.36. The van der Waals surface area contributed by atoms with Crippen LogP contribution in [0.4, 0.5) is 0 Å². The molecule has 0 aromatic heterocycles. The molecule has 0 aliphatic carbocycles. The first-order valence-corrected chi connectivity index (χ1v) is 8.32. The number of hydrogen-bond donors (Lipinski definition) is 2. The molecule has 1 amide bonds. The lowest BCUT2D eigenvalue weighted by atomic mass is 10.1. The first kappa shape index (κ1) is 17.2. The van der Waals surface area contributed by atoms with Crippen LogP contribution in [-0.2, 0) is 17.8 Å². The Bertz CT molecular complexity index is 607. The fourth-order valence-electron chi connectivity index (χ4n) is 2.70. The Balaban J connectivity index is 1.82. The van der Waals surface area contributed by atoms with Gasteiger partial charge in [0, 0.05) is 5.56 Å². The van der Waals surface area contributed by atoms with Crippen LogP contribution in [0.15, 0.2) is 54.6 Å². The molecule has 2 aromatic carbocycles. The molecule has 1 unspecified atom stereocenters. The van der Waals surface area contributed by atoms with Crippen molar-refractivity contribution in [2.45, 2.75) is 32.9 Å². The monoisotopic (exact) mass is 311 g/mol. The first-order chi connectivity index (χ1) is 11.1. The lowest BCUT2D eigenvalue weighted by Gasteiger charge is -2.17. The van der Waals surface area contributed by atoms with E-state index < -0.39 is 0 Å². The van der Waals surface area contributed by atoms with Crippen molar-refractivity contribution in [2.24, 2.45) is 0 Å². The average Bonchev–Trinajstić information content (AvgIpc) is 2.56. The fourth-order valence-corrected chi connectivity index (χ4v) is 2.70. The Morgan fingerprint density at radius 3 is 2.26 bits per heavy atom. The quantitative estimate of drug-likeness (QED) is 0.807. The third-order valence-electron chi connectivity index (χ3n) is 4.08. The highest BCUT2D eigenvalue weighted by Crippen LogP contribution is 2.10. The van der Waals surface area contributed by atoms with Crippen LogP contribution in [0.25, 0.3) is 0 Å². The minimum atomic E-state index is 0.0420. The number of rotatable bonds is 7. The van der Waals surface area contributed by atoms with E-state index in [1.807, 2.05) is 37.3 Å². The fraction of sp³-hybridized carbons (Fsp3) is 0.350. The van der Waals surface area contributed by atoms with Crippen LogP contribution in [0.3, 0.4) is 0 Å². The Morgan fingerprint density at radius 1 is 1.04 bits per heavy atom. The topological polar surface area (TPSA) is 33.5 Å². The summed E-state index contributed by atoms with van der Waals surface area (Å²) in [5.41, 5.74) is 3.75. The van der Waals surface area contributed by atoms with Crippen molar-refractivity contribution in [1.82, 2.24) is 5.32 Å². The van der Waals surface area contributed by atoms with E-state index in [9.17, 15) is 4.79 Å². The van der Waals surface area contributed by atoms with E-state index in [2.05, 4.69) is 43.6 Å². The van der Waals surface area contributed by atoms with Crippen molar-refractivity contribution in [2.75, 3.05) is 13.6 Å². The maximum absolute atomic E-state index is 12.2. The molecule has 0 saturated carbocycles. The smallest absolute Gasteiger partial charge is 0.275 e. The third-order valence-corrected chi connectivity index (χ3v) is 4.08. The Hall–Kier alpha value is -2.13. The molecule has 0 heterocycles. The summed E-state index contributed by atoms with van der Waals surface area (Å²) in [6, 6.07) is 18.7. The van der Waals surface area contributed by atoms with Gasteiger partial charge >= 0.3 is 0 Å². The molecule has 122 valence electrons. The number of nitrogens with one attached hydrogen (secondary N) is 2. The molecule has 2 N–H and O–H groups in total. The van der Waals surface area contributed by atoms with Gasteiger partial charge in [0.1, 0.15) is 6.54 Å². The summed E-state index contributed by atoms with van der Waals surface area (Å²) in [6.45, 7) is 5.51. The minimum absolute atomic E-state index is 0.0420. The lowest BCUT2D eigenvalue weighted by molar-refractivity contribution is -0.885. The van der Waals surface area contributed by atoms with Gasteiger partial charge in [0.25, 0.3) is 5.91 Å². The van der Waals surface area contributed by atoms with E-state index in [0.717, 1.165) is 18.5 Å². The second-order valence-corrected chi connectivity index (χ2v) is 6.18. The van der Waals surface area contributed by atoms with E-state index in [-0.39, 0.29) is 11.9 Å². The highest BCUT2D eigenvalue weighted by Gasteiger charge is 2.14. The molecule has 0 aliphatic heterocycles. The second-order valence-electron chi connectivity index (χ2n) is 6.18. The van der Waals surface area contributed by atoms with E-state index in [0.29, 0.717) is 6.54 Å². The largest absolute Gasteiger partial charge is 0.345 e. The number of aryl methyl sites for hydroxylation is 1. The highest BCUT2D eigenvalue weighted by molar-refractivity contribution is 5.77. The van der Waals surface area contributed by atoms with Gasteiger partial charge in [-0.25, -0.2) is 0 Å². The van der Waals surface area contributed by atoms with Gasteiger partial charge in [-0.2, -0.15) is 0 Å². The molecule has 2 rings (SSSR count). The molecule has 0 spiro atoms. The van der Waals surface area contributed by atoms with Gasteiger partial charge in [0.15, 0.2) is 6.54 Å². The van der Waals surface area contributed by atoms with Crippen molar-refractivity contribution in [3.63, 3.8) is 0 Å². The van der Waals surface area contributed by atoms with E-state index in [4.69, 9.17) is 0 Å². The van der Waals surface area contributed by atoms with Crippen LogP contribution in [0, 0.1) is 0 Å². The van der Waals surface area contributed by atoms with Crippen molar-refractivity contribution >= 4 is 5.91 Å². The van der Waals surface area contributed by atoms with Gasteiger partial charge in [-0.1, -0.05) is 61.5 Å². The maximum Gasteiger partial charge on any atom is 0.275 e. The highest BCUT2D eigenvalue weighted by atomic mass is 16.2. The third kappa shape index (κ3) is 5.53. The molecular formula is C20H27N2O+. The van der Waals surface area contributed by atoms with Crippen LogP contribution in [0.2, 0.25) is 0 Å². The predicted molar refractivity (Wildman–Crippen MR) is 94.3 cm³/mol. The molecule has 0 fully saturated rings. The summed E-state index contributed by atoms with van der Waals surface area (Å²) in [5.74, 6) is 0.0871. The SMILES string of the molecule is CCc1ccc(C[NH+](C)CC(=O)N[C@@H](C)c2ccccc2)cc1. The standard InChI is InChI=1S/C20H26N2O/c1-4-17-10-12-18(13-11-17)14-22(3)15-20(23)21-16(2)19-8-6-5-7-9-19/h5-13,16H,4,14-15H2,1-3H3,(H,21,23)/p+1/t16-/m0/s1. The summed E-state index contributed by atoms with van der Waals surface area (Å²) < 4.78 is 0. The Morgan fingerprint density at radius 2 is 1.65 bits per heavy atom. The summed E-state index contributed by atoms with van der Waals surface area (Å²) in [5, 5.41) is 3.07. The zero-order valence-corrected chi connectivity index (χ0v) is 14.3. The summed E-state index contributed by atoms with van der Waals surface area (Å²) in [7, 11) is 2.06. The number of quaternary nitrogens is 1. The van der Waals surface area contributed by atoms with Gasteiger partial charge in [0.05, 0.1) is 13.1 Å². The molecule has 3 nitrogen and oxygen atoms in total. The van der Waals surface area contributed by atoms with E-state index >= 15 is 0 Å². The number of benzene rings is 2. The summed E-state index contributed by atoms with van der Waals surface area (Å²) in [4.78, 5) is 13.4. The number of carbonyl (C=O) groups excluding carboxylic acids is 1. The van der Waals surface area contributed by atoms with E-state index in [1.54, 1.807) is 0 Å². The molecule has 23 heavy (non-hydrogen) atoms. The van der Waals surface area contributed by atoms with Crippen LogP contribution in [0.5, 0.6) is 0 Å². The van der Waals surface area contributed by atoms with Gasteiger partial charge in [-0.05, 0) is 24.5 Å². The molecular weight excluding hydrogens is 284 g/mol. The van der Waals surface area contributed by atoms with Crippen molar-refractivity contribution in [1.29, 1.82) is 0 Å². The summed E-state index contributed by atoms with van der Waals surface area (Å²) >= 11 is 0. The second kappa shape index (κ2) is 8.49. The normalized spacial score (nSPS) is 13.3. The predicted octanol–water partition coefficient (Wildman–Crippen LogP) is 2.14. The van der Waals surface area contributed by atoms with Crippen LogP contribution < -0.4 is 10.2 Å². The maximum atomic E-state index is 12.2. The van der Waals surface area contributed by atoms with Crippen LogP contribution in [0.1, 0.15) is 36.6 Å². The zero-order chi connectivity index (χ0) is 16.7. The van der Waals surface area contributed by atoms with Gasteiger partial charge in [0.2, 0.25) is 0 Å². The van der Waals surface area contributed by atoms with Gasteiger partial charge in [-0.15, -0.1) is 0 Å². The van der Waals surface area contributed by atoms with Gasteiger partial charge in [-0.3, -0.25) is 4.79 Å². The number of likely N-dealkylation sites (N-methyl/N-ethyl adjacent to an activating group) is 1. The number of carbonyl (C=O) groups is 1. The molecule has 2 aromatic rings. The molecule has 0 aliphatic rings. The van der Waals surface area contributed by atoms with E-state index in [1.165, 1.54) is 16.0 Å². The van der Waals surface area contributed by atoms with Crippen molar-refractivity contribution < 1.29 is 9.69 Å².